The van der Waals surface area contributed by atoms with Crippen molar-refractivity contribution in [2.75, 3.05) is 0 Å². The fraction of sp³-hybridized carbons (Fsp3) is 0.412. The van der Waals surface area contributed by atoms with Crippen LogP contribution in [-0.4, -0.2) is 32.9 Å². The number of halogens is 3. The molecule has 1 fully saturated rings. The van der Waals surface area contributed by atoms with E-state index >= 15 is 0 Å². The highest BCUT2D eigenvalue weighted by Crippen LogP contribution is 2.28. The van der Waals surface area contributed by atoms with Crippen LogP contribution in [0.3, 0.4) is 0 Å². The number of pyridine rings is 1. The Morgan fingerprint density at radius 2 is 2.08 bits per heavy atom. The lowest BCUT2D eigenvalue weighted by atomic mass is 10.1. The van der Waals surface area contributed by atoms with Crippen molar-refractivity contribution in [1.29, 1.82) is 0 Å². The van der Waals surface area contributed by atoms with Gasteiger partial charge in [-0.1, -0.05) is 0 Å². The van der Waals surface area contributed by atoms with Crippen LogP contribution in [0.25, 0.3) is 11.3 Å². The summed E-state index contributed by atoms with van der Waals surface area (Å²) in [5.74, 6) is -0.0919. The van der Waals surface area contributed by atoms with Crippen LogP contribution in [0.5, 0.6) is 0 Å². The molecule has 26 heavy (non-hydrogen) atoms. The SMILES string of the molecule is C[C@@H]1CC[C@H](C(=O)NCc2cc(-c3ccc(C(F)(F)F)nc3)ncn2)N1. The molecule has 2 N–H and O–H groups in total. The van der Waals surface area contributed by atoms with E-state index in [2.05, 4.69) is 25.6 Å². The number of carbonyl (C=O) groups is 1. The highest BCUT2D eigenvalue weighted by molar-refractivity contribution is 5.82. The van der Waals surface area contributed by atoms with Crippen molar-refractivity contribution in [2.45, 2.75) is 44.6 Å². The Labute approximate surface area is 148 Å². The van der Waals surface area contributed by atoms with Crippen LogP contribution in [0, 0.1) is 0 Å². The number of hydrogen-bond donors (Lipinski definition) is 2. The molecule has 1 saturated heterocycles. The number of amides is 1. The van der Waals surface area contributed by atoms with Crippen molar-refractivity contribution in [3.8, 4) is 11.3 Å². The molecule has 6 nitrogen and oxygen atoms in total. The molecule has 2 aromatic rings. The molecule has 3 rings (SSSR count). The van der Waals surface area contributed by atoms with E-state index in [0.717, 1.165) is 25.1 Å². The number of hydrogen-bond acceptors (Lipinski definition) is 5. The van der Waals surface area contributed by atoms with E-state index in [-0.39, 0.29) is 18.5 Å². The maximum atomic E-state index is 12.6. The number of rotatable bonds is 4. The quantitative estimate of drug-likeness (QED) is 0.869. The highest BCUT2D eigenvalue weighted by Gasteiger charge is 2.32. The molecule has 9 heteroatoms. The van der Waals surface area contributed by atoms with Crippen LogP contribution in [-0.2, 0) is 17.5 Å². The van der Waals surface area contributed by atoms with Gasteiger partial charge < -0.3 is 10.6 Å². The number of nitrogens with one attached hydrogen (secondary N) is 2. The molecule has 0 aliphatic carbocycles. The number of nitrogens with zero attached hydrogens (tertiary/aromatic N) is 3. The van der Waals surface area contributed by atoms with Gasteiger partial charge in [0, 0.05) is 17.8 Å². The first-order valence-electron chi connectivity index (χ1n) is 8.21. The number of carbonyl (C=O) groups excluding carboxylic acids is 1. The molecule has 0 saturated carbocycles. The minimum Gasteiger partial charge on any atom is -0.349 e. The Balaban J connectivity index is 1.65. The molecular weight excluding hydrogens is 347 g/mol. The highest BCUT2D eigenvalue weighted by atomic mass is 19.4. The van der Waals surface area contributed by atoms with E-state index in [1.54, 1.807) is 6.07 Å². The van der Waals surface area contributed by atoms with Gasteiger partial charge in [-0.15, -0.1) is 0 Å². The second kappa shape index (κ2) is 7.36. The molecule has 1 amide bonds. The molecule has 1 aliphatic heterocycles. The first kappa shape index (κ1) is 18.2. The van der Waals surface area contributed by atoms with Crippen molar-refractivity contribution >= 4 is 5.91 Å². The van der Waals surface area contributed by atoms with Gasteiger partial charge in [-0.2, -0.15) is 13.2 Å². The van der Waals surface area contributed by atoms with Crippen LogP contribution in [0.4, 0.5) is 13.2 Å². The van der Waals surface area contributed by atoms with Gasteiger partial charge in [0.25, 0.3) is 0 Å². The summed E-state index contributed by atoms with van der Waals surface area (Å²) in [4.78, 5) is 23.7. The Morgan fingerprint density at radius 1 is 1.27 bits per heavy atom. The molecular formula is C17H18F3N5O. The lowest BCUT2D eigenvalue weighted by molar-refractivity contribution is -0.141. The van der Waals surface area contributed by atoms with Crippen molar-refractivity contribution in [2.24, 2.45) is 0 Å². The second-order valence-electron chi connectivity index (χ2n) is 6.24. The summed E-state index contributed by atoms with van der Waals surface area (Å²) < 4.78 is 37.7. The monoisotopic (exact) mass is 365 g/mol. The summed E-state index contributed by atoms with van der Waals surface area (Å²) >= 11 is 0. The summed E-state index contributed by atoms with van der Waals surface area (Å²) in [6.07, 6.45) is -0.303. The average molecular weight is 365 g/mol. The third-order valence-electron chi connectivity index (χ3n) is 4.21. The molecule has 0 spiro atoms. The molecule has 0 radical (unpaired) electrons. The van der Waals surface area contributed by atoms with Gasteiger partial charge in [0.2, 0.25) is 5.91 Å². The van der Waals surface area contributed by atoms with E-state index < -0.39 is 11.9 Å². The van der Waals surface area contributed by atoms with E-state index in [4.69, 9.17) is 0 Å². The second-order valence-corrected chi connectivity index (χ2v) is 6.24. The summed E-state index contributed by atoms with van der Waals surface area (Å²) in [7, 11) is 0. The molecule has 0 aromatic carbocycles. The van der Waals surface area contributed by atoms with E-state index in [1.165, 1.54) is 12.4 Å². The number of alkyl halides is 3. The Bertz CT molecular complexity index is 779. The zero-order valence-corrected chi connectivity index (χ0v) is 14.0. The van der Waals surface area contributed by atoms with Gasteiger partial charge in [0.1, 0.15) is 12.0 Å². The van der Waals surface area contributed by atoms with Gasteiger partial charge in [0.05, 0.1) is 24.0 Å². The molecule has 2 atom stereocenters. The summed E-state index contributed by atoms with van der Waals surface area (Å²) in [5.41, 5.74) is 0.493. The van der Waals surface area contributed by atoms with Gasteiger partial charge in [-0.25, -0.2) is 9.97 Å². The van der Waals surface area contributed by atoms with E-state index in [1.807, 2.05) is 6.92 Å². The Kier molecular flexibility index (Phi) is 5.17. The van der Waals surface area contributed by atoms with Gasteiger partial charge in [-0.05, 0) is 38.0 Å². The molecule has 138 valence electrons. The summed E-state index contributed by atoms with van der Waals surface area (Å²) in [6.45, 7) is 2.25. The summed E-state index contributed by atoms with van der Waals surface area (Å²) in [5, 5.41) is 6.01. The predicted molar refractivity (Wildman–Crippen MR) is 87.7 cm³/mol. The molecule has 2 aromatic heterocycles. The van der Waals surface area contributed by atoms with Crippen molar-refractivity contribution in [3.05, 3.63) is 42.1 Å². The first-order chi connectivity index (χ1) is 12.3. The van der Waals surface area contributed by atoms with Gasteiger partial charge in [-0.3, -0.25) is 9.78 Å². The van der Waals surface area contributed by atoms with Crippen molar-refractivity contribution in [1.82, 2.24) is 25.6 Å². The topological polar surface area (TPSA) is 79.8 Å². The third kappa shape index (κ3) is 4.34. The minimum absolute atomic E-state index is 0.0919. The smallest absolute Gasteiger partial charge is 0.349 e. The van der Waals surface area contributed by atoms with E-state index in [9.17, 15) is 18.0 Å². The zero-order chi connectivity index (χ0) is 18.7. The zero-order valence-electron chi connectivity index (χ0n) is 14.0. The first-order valence-corrected chi connectivity index (χ1v) is 8.21. The van der Waals surface area contributed by atoms with Crippen LogP contribution < -0.4 is 10.6 Å². The van der Waals surface area contributed by atoms with Crippen LogP contribution in [0.1, 0.15) is 31.2 Å². The molecule has 3 heterocycles. The molecule has 0 bridgehead atoms. The fourth-order valence-electron chi connectivity index (χ4n) is 2.80. The lowest BCUT2D eigenvalue weighted by Crippen LogP contribution is -2.41. The Hall–Kier alpha value is -2.55. The third-order valence-corrected chi connectivity index (χ3v) is 4.21. The van der Waals surface area contributed by atoms with Crippen molar-refractivity contribution < 1.29 is 18.0 Å². The normalized spacial score (nSPS) is 20.2. The van der Waals surface area contributed by atoms with E-state index in [0.29, 0.717) is 23.0 Å². The van der Waals surface area contributed by atoms with Crippen LogP contribution in [0.15, 0.2) is 30.7 Å². The molecule has 1 aliphatic rings. The standard InChI is InChI=1S/C17H18F3N5O/c1-10-2-4-13(25-10)16(26)22-8-12-6-14(24-9-23-12)11-3-5-15(21-7-11)17(18,19)20/h3,5-7,9-10,13,25H,2,4,8H2,1H3,(H,22,26)/t10-,13-/m1/s1. The average Bonchev–Trinajstić information content (AvgIpc) is 3.06. The minimum atomic E-state index is -4.48. The fourth-order valence-corrected chi connectivity index (χ4v) is 2.80. The van der Waals surface area contributed by atoms with Crippen molar-refractivity contribution in [3.63, 3.8) is 0 Å². The maximum absolute atomic E-state index is 12.6. The summed E-state index contributed by atoms with van der Waals surface area (Å²) in [6, 6.07) is 3.96. The van der Waals surface area contributed by atoms with Crippen LogP contribution in [0.2, 0.25) is 0 Å². The predicted octanol–water partition coefficient (Wildman–Crippen LogP) is 2.31. The van der Waals surface area contributed by atoms with Gasteiger partial charge in [0.15, 0.2) is 0 Å². The lowest BCUT2D eigenvalue weighted by Gasteiger charge is -2.12. The Morgan fingerprint density at radius 3 is 2.69 bits per heavy atom. The maximum Gasteiger partial charge on any atom is 0.433 e. The largest absolute Gasteiger partial charge is 0.433 e. The van der Waals surface area contributed by atoms with Crippen LogP contribution >= 0.6 is 0 Å². The number of aromatic nitrogens is 3. The molecule has 0 unspecified atom stereocenters. The van der Waals surface area contributed by atoms with Gasteiger partial charge >= 0.3 is 6.18 Å².